The number of benzene rings is 2. The number of nitrogens with zero attached hydrogens (tertiary/aromatic N) is 2. The Bertz CT molecular complexity index is 942. The van der Waals surface area contributed by atoms with Crippen molar-refractivity contribution in [3.05, 3.63) is 59.2 Å². The molecule has 2 heterocycles. The smallest absolute Gasteiger partial charge is 0.203 e. The molecular weight excluding hydrogens is 370 g/mol. The van der Waals surface area contributed by atoms with Crippen molar-refractivity contribution in [1.82, 2.24) is 4.98 Å². The first-order chi connectivity index (χ1) is 12.8. The van der Waals surface area contributed by atoms with E-state index in [0.717, 1.165) is 33.9 Å². The van der Waals surface area contributed by atoms with Gasteiger partial charge in [-0.25, -0.2) is 4.98 Å². The molecule has 0 amide bonds. The van der Waals surface area contributed by atoms with Gasteiger partial charge in [0.15, 0.2) is 11.5 Å². The molecule has 1 N–H and O–H groups in total. The second-order valence-corrected chi connectivity index (χ2v) is 7.07. The van der Waals surface area contributed by atoms with Crippen molar-refractivity contribution in [2.45, 2.75) is 6.42 Å². The van der Waals surface area contributed by atoms with Crippen LogP contribution in [0, 0.1) is 0 Å². The van der Waals surface area contributed by atoms with E-state index in [1.165, 1.54) is 11.3 Å². The summed E-state index contributed by atoms with van der Waals surface area (Å²) >= 11 is 7.62. The highest BCUT2D eigenvalue weighted by atomic mass is 35.5. The highest BCUT2D eigenvalue weighted by molar-refractivity contribution is 7.18. The number of halogens is 1. The molecule has 0 bridgehead atoms. The SMILES string of the molecule is Clc1ccccc1C=NNc1ncc(-c2ccc3c(c2)OCCCO3)s1. The number of anilines is 1. The Labute approximate surface area is 160 Å². The number of ether oxygens (including phenoxy) is 2. The van der Waals surface area contributed by atoms with Gasteiger partial charge >= 0.3 is 0 Å². The molecule has 1 aliphatic rings. The fourth-order valence-corrected chi connectivity index (χ4v) is 3.46. The molecular formula is C19H16ClN3O2S. The molecule has 5 nitrogen and oxygen atoms in total. The van der Waals surface area contributed by atoms with Gasteiger partial charge in [-0.1, -0.05) is 41.1 Å². The molecule has 0 spiro atoms. The van der Waals surface area contributed by atoms with E-state index in [4.69, 9.17) is 21.1 Å². The van der Waals surface area contributed by atoms with Gasteiger partial charge in [-0.2, -0.15) is 5.10 Å². The number of aromatic nitrogens is 1. The number of hydrazone groups is 1. The predicted molar refractivity (Wildman–Crippen MR) is 106 cm³/mol. The summed E-state index contributed by atoms with van der Waals surface area (Å²) in [6.07, 6.45) is 4.39. The molecule has 2 aromatic carbocycles. The normalized spacial score (nSPS) is 13.6. The number of hydrogen-bond donors (Lipinski definition) is 1. The minimum Gasteiger partial charge on any atom is -0.490 e. The lowest BCUT2D eigenvalue weighted by Gasteiger charge is -2.08. The molecule has 0 saturated carbocycles. The van der Waals surface area contributed by atoms with Gasteiger partial charge in [-0.15, -0.1) is 0 Å². The van der Waals surface area contributed by atoms with Crippen molar-refractivity contribution in [3.63, 3.8) is 0 Å². The van der Waals surface area contributed by atoms with E-state index in [2.05, 4.69) is 15.5 Å². The van der Waals surface area contributed by atoms with Crippen LogP contribution in [0.5, 0.6) is 11.5 Å². The third-order valence-corrected chi connectivity index (χ3v) is 5.10. The second kappa shape index (κ2) is 7.76. The fourth-order valence-electron chi connectivity index (χ4n) is 2.51. The van der Waals surface area contributed by atoms with Crippen molar-refractivity contribution >= 4 is 34.3 Å². The Hall–Kier alpha value is -2.57. The van der Waals surface area contributed by atoms with Crippen molar-refractivity contribution in [2.75, 3.05) is 18.6 Å². The van der Waals surface area contributed by atoms with Gasteiger partial charge < -0.3 is 9.47 Å². The zero-order chi connectivity index (χ0) is 17.8. The Morgan fingerprint density at radius 3 is 2.85 bits per heavy atom. The lowest BCUT2D eigenvalue weighted by atomic mass is 10.2. The molecule has 0 saturated heterocycles. The molecule has 132 valence electrons. The average Bonchev–Trinajstić information content (AvgIpc) is 3.00. The van der Waals surface area contributed by atoms with E-state index in [1.807, 2.05) is 48.7 Å². The molecule has 1 aliphatic heterocycles. The third kappa shape index (κ3) is 3.81. The van der Waals surface area contributed by atoms with Gasteiger partial charge in [-0.3, -0.25) is 5.43 Å². The predicted octanol–water partition coefficient (Wildman–Crippen LogP) is 5.07. The van der Waals surface area contributed by atoms with Crippen LogP contribution in [0.1, 0.15) is 12.0 Å². The van der Waals surface area contributed by atoms with Crippen LogP contribution in [0.3, 0.4) is 0 Å². The van der Waals surface area contributed by atoms with Gasteiger partial charge in [0.1, 0.15) is 0 Å². The molecule has 1 aromatic heterocycles. The van der Waals surface area contributed by atoms with Crippen LogP contribution < -0.4 is 14.9 Å². The second-order valence-electron chi connectivity index (χ2n) is 5.63. The largest absolute Gasteiger partial charge is 0.490 e. The summed E-state index contributed by atoms with van der Waals surface area (Å²) in [5.41, 5.74) is 4.83. The summed E-state index contributed by atoms with van der Waals surface area (Å²) < 4.78 is 11.4. The average molecular weight is 386 g/mol. The van der Waals surface area contributed by atoms with Gasteiger partial charge in [0, 0.05) is 23.2 Å². The summed E-state index contributed by atoms with van der Waals surface area (Å²) in [6.45, 7) is 1.35. The maximum Gasteiger partial charge on any atom is 0.203 e. The number of thiazole rings is 1. The van der Waals surface area contributed by atoms with Crippen molar-refractivity contribution < 1.29 is 9.47 Å². The maximum absolute atomic E-state index is 6.11. The molecule has 0 unspecified atom stereocenters. The van der Waals surface area contributed by atoms with Crippen LogP contribution in [0.25, 0.3) is 10.4 Å². The molecule has 0 fully saturated rings. The summed E-state index contributed by atoms with van der Waals surface area (Å²) in [5.74, 6) is 1.57. The van der Waals surface area contributed by atoms with Gasteiger partial charge in [0.2, 0.25) is 5.13 Å². The first-order valence-electron chi connectivity index (χ1n) is 8.19. The topological polar surface area (TPSA) is 55.7 Å². The maximum atomic E-state index is 6.11. The van der Waals surface area contributed by atoms with E-state index in [9.17, 15) is 0 Å². The van der Waals surface area contributed by atoms with Crippen LogP contribution in [-0.2, 0) is 0 Å². The molecule has 4 rings (SSSR count). The molecule has 0 atom stereocenters. The quantitative estimate of drug-likeness (QED) is 0.503. The van der Waals surface area contributed by atoms with Crippen LogP contribution >= 0.6 is 22.9 Å². The van der Waals surface area contributed by atoms with Crippen LogP contribution in [0.4, 0.5) is 5.13 Å². The third-order valence-electron chi connectivity index (χ3n) is 3.81. The van der Waals surface area contributed by atoms with Crippen LogP contribution in [-0.4, -0.2) is 24.4 Å². The van der Waals surface area contributed by atoms with Gasteiger partial charge in [-0.05, 0) is 29.8 Å². The molecule has 3 aromatic rings. The number of hydrogen-bond acceptors (Lipinski definition) is 6. The zero-order valence-corrected chi connectivity index (χ0v) is 15.4. The van der Waals surface area contributed by atoms with E-state index >= 15 is 0 Å². The van der Waals surface area contributed by atoms with Crippen molar-refractivity contribution in [3.8, 4) is 21.9 Å². The molecule has 26 heavy (non-hydrogen) atoms. The summed E-state index contributed by atoms with van der Waals surface area (Å²) in [7, 11) is 0. The highest BCUT2D eigenvalue weighted by Crippen LogP contribution is 2.36. The Morgan fingerprint density at radius 1 is 1.12 bits per heavy atom. The summed E-state index contributed by atoms with van der Waals surface area (Å²) in [4.78, 5) is 5.39. The molecule has 7 heteroatoms. The van der Waals surface area contributed by atoms with E-state index in [-0.39, 0.29) is 0 Å². The highest BCUT2D eigenvalue weighted by Gasteiger charge is 2.12. The summed E-state index contributed by atoms with van der Waals surface area (Å²) in [6, 6.07) is 13.5. The Kier molecular flexibility index (Phi) is 5.04. The van der Waals surface area contributed by atoms with Crippen LogP contribution in [0.2, 0.25) is 5.02 Å². The van der Waals surface area contributed by atoms with Crippen molar-refractivity contribution in [1.29, 1.82) is 0 Å². The Balaban J connectivity index is 1.48. The van der Waals surface area contributed by atoms with Gasteiger partial charge in [0.25, 0.3) is 0 Å². The summed E-state index contributed by atoms with van der Waals surface area (Å²) in [5, 5.41) is 5.57. The van der Waals surface area contributed by atoms with Crippen molar-refractivity contribution in [2.24, 2.45) is 5.10 Å². The van der Waals surface area contributed by atoms with Crippen LogP contribution in [0.15, 0.2) is 53.8 Å². The number of nitrogens with one attached hydrogen (secondary N) is 1. The van der Waals surface area contributed by atoms with E-state index < -0.39 is 0 Å². The van der Waals surface area contributed by atoms with Gasteiger partial charge in [0.05, 0.1) is 24.3 Å². The van der Waals surface area contributed by atoms with E-state index in [1.54, 1.807) is 6.21 Å². The first kappa shape index (κ1) is 16.9. The molecule has 0 aliphatic carbocycles. The van der Waals surface area contributed by atoms with E-state index in [0.29, 0.717) is 23.4 Å². The standard InChI is InChI=1S/C19H16ClN3O2S/c20-15-5-2-1-4-14(15)11-22-23-19-21-12-18(26-19)13-6-7-16-17(10-13)25-9-3-8-24-16/h1-2,4-7,10-12H,3,8-9H2,(H,21,23). The minimum absolute atomic E-state index is 0.657. The lowest BCUT2D eigenvalue weighted by molar-refractivity contribution is 0.297. The lowest BCUT2D eigenvalue weighted by Crippen LogP contribution is -1.97. The number of fused-ring (bicyclic) bond motifs is 1. The molecule has 0 radical (unpaired) electrons. The minimum atomic E-state index is 0.657. The Morgan fingerprint density at radius 2 is 1.96 bits per heavy atom. The first-order valence-corrected chi connectivity index (χ1v) is 9.38. The monoisotopic (exact) mass is 385 g/mol. The fraction of sp³-hybridized carbons (Fsp3) is 0.158. The zero-order valence-electron chi connectivity index (χ0n) is 13.8. The number of rotatable bonds is 4.